The Morgan fingerprint density at radius 1 is 1.32 bits per heavy atom. The highest BCUT2D eigenvalue weighted by atomic mass is 16.4. The first-order valence-electron chi connectivity index (χ1n) is 7.22. The summed E-state index contributed by atoms with van der Waals surface area (Å²) < 4.78 is 0. The van der Waals surface area contributed by atoms with Crippen LogP contribution in [0.4, 0.5) is 0 Å². The molecule has 0 aromatic rings. The molecule has 5 nitrogen and oxygen atoms in total. The van der Waals surface area contributed by atoms with Gasteiger partial charge in [-0.15, -0.1) is 0 Å². The minimum atomic E-state index is -0.783. The van der Waals surface area contributed by atoms with Gasteiger partial charge in [-0.05, 0) is 38.5 Å². The summed E-state index contributed by atoms with van der Waals surface area (Å²) >= 11 is 0. The minimum Gasteiger partial charge on any atom is -0.409 e. The molecule has 19 heavy (non-hydrogen) atoms. The molecule has 0 bridgehead atoms. The molecule has 0 spiro atoms. The summed E-state index contributed by atoms with van der Waals surface area (Å²) in [6.07, 6.45) is 6.93. The van der Waals surface area contributed by atoms with Crippen LogP contribution in [0.2, 0.25) is 0 Å². The summed E-state index contributed by atoms with van der Waals surface area (Å²) in [6.45, 7) is 4.19. The van der Waals surface area contributed by atoms with Gasteiger partial charge in [-0.25, -0.2) is 0 Å². The minimum absolute atomic E-state index is 0.0579. The highest BCUT2D eigenvalue weighted by Crippen LogP contribution is 2.46. The average Bonchev–Trinajstić information content (AvgIpc) is 2.34. The fraction of sp³-hybridized carbons (Fsp3) is 0.857. The molecule has 0 unspecified atom stereocenters. The zero-order valence-corrected chi connectivity index (χ0v) is 11.9. The molecule has 0 radical (unpaired) electrons. The standard InChI is InChI=1S/C14H25N3O2/c1-10-8-14(9-10,11(15)17-19)12(18)16-13(2)6-4-3-5-7-13/h10,19H,3-9H2,1-2H3,(H2,15,17)(H,16,18). The van der Waals surface area contributed by atoms with Gasteiger partial charge in [0.15, 0.2) is 5.84 Å². The van der Waals surface area contributed by atoms with Gasteiger partial charge >= 0.3 is 0 Å². The third-order valence-electron chi connectivity index (χ3n) is 4.80. The molecule has 5 heteroatoms. The van der Waals surface area contributed by atoms with Crippen LogP contribution in [-0.2, 0) is 4.79 Å². The van der Waals surface area contributed by atoms with E-state index >= 15 is 0 Å². The molecule has 4 N–H and O–H groups in total. The van der Waals surface area contributed by atoms with Crippen LogP contribution in [0.1, 0.15) is 58.8 Å². The second kappa shape index (κ2) is 5.02. The molecule has 0 atom stereocenters. The van der Waals surface area contributed by atoms with E-state index in [2.05, 4.69) is 24.3 Å². The number of nitrogens with one attached hydrogen (secondary N) is 1. The number of nitrogens with zero attached hydrogens (tertiary/aromatic N) is 1. The van der Waals surface area contributed by atoms with Gasteiger partial charge in [0.2, 0.25) is 5.91 Å². The van der Waals surface area contributed by atoms with Crippen LogP contribution in [0.15, 0.2) is 5.16 Å². The molecule has 0 saturated heterocycles. The Hall–Kier alpha value is -1.26. The van der Waals surface area contributed by atoms with Gasteiger partial charge in [-0.1, -0.05) is 31.3 Å². The summed E-state index contributed by atoms with van der Waals surface area (Å²) in [7, 11) is 0. The van der Waals surface area contributed by atoms with Crippen LogP contribution >= 0.6 is 0 Å². The molecule has 2 rings (SSSR count). The maximum atomic E-state index is 12.6. The number of carbonyl (C=O) groups excluding carboxylic acids is 1. The van der Waals surface area contributed by atoms with E-state index in [9.17, 15) is 4.79 Å². The third kappa shape index (κ3) is 2.55. The molecule has 0 aromatic carbocycles. The van der Waals surface area contributed by atoms with E-state index in [0.29, 0.717) is 18.8 Å². The van der Waals surface area contributed by atoms with Crippen molar-refractivity contribution in [3.05, 3.63) is 0 Å². The third-order valence-corrected chi connectivity index (χ3v) is 4.80. The number of oxime groups is 1. The van der Waals surface area contributed by atoms with E-state index in [1.54, 1.807) is 0 Å². The molecule has 2 aliphatic rings. The van der Waals surface area contributed by atoms with E-state index in [1.165, 1.54) is 6.42 Å². The molecule has 0 heterocycles. The zero-order valence-electron chi connectivity index (χ0n) is 11.9. The van der Waals surface area contributed by atoms with E-state index in [1.807, 2.05) is 0 Å². The van der Waals surface area contributed by atoms with Crippen molar-refractivity contribution in [1.29, 1.82) is 0 Å². The second-order valence-electron chi connectivity index (χ2n) is 6.66. The molecule has 108 valence electrons. The molecule has 0 aromatic heterocycles. The molecule has 1 amide bonds. The monoisotopic (exact) mass is 267 g/mol. The van der Waals surface area contributed by atoms with Crippen molar-refractivity contribution in [3.63, 3.8) is 0 Å². The van der Waals surface area contributed by atoms with Crippen LogP contribution in [0.25, 0.3) is 0 Å². The average molecular weight is 267 g/mol. The lowest BCUT2D eigenvalue weighted by molar-refractivity contribution is -0.135. The molecular weight excluding hydrogens is 242 g/mol. The Labute approximate surface area is 114 Å². The van der Waals surface area contributed by atoms with Crippen molar-refractivity contribution in [3.8, 4) is 0 Å². The number of amides is 1. The maximum Gasteiger partial charge on any atom is 0.234 e. The Morgan fingerprint density at radius 3 is 2.37 bits per heavy atom. The first-order valence-corrected chi connectivity index (χ1v) is 7.22. The number of carbonyl (C=O) groups is 1. The maximum absolute atomic E-state index is 12.6. The van der Waals surface area contributed by atoms with Crippen LogP contribution in [0, 0.1) is 11.3 Å². The highest BCUT2D eigenvalue weighted by molar-refractivity contribution is 6.07. The van der Waals surface area contributed by atoms with Crippen molar-refractivity contribution in [1.82, 2.24) is 5.32 Å². The van der Waals surface area contributed by atoms with Crippen LogP contribution in [0.5, 0.6) is 0 Å². The van der Waals surface area contributed by atoms with Crippen LogP contribution in [0.3, 0.4) is 0 Å². The van der Waals surface area contributed by atoms with Crippen molar-refractivity contribution >= 4 is 11.7 Å². The highest BCUT2D eigenvalue weighted by Gasteiger charge is 2.53. The first kappa shape index (κ1) is 14.2. The predicted octanol–water partition coefficient (Wildman–Crippen LogP) is 1.99. The summed E-state index contributed by atoms with van der Waals surface area (Å²) in [5.74, 6) is 0.443. The first-order chi connectivity index (χ1) is 8.92. The number of hydrogen-bond donors (Lipinski definition) is 3. The van der Waals surface area contributed by atoms with Crippen LogP contribution in [-0.4, -0.2) is 22.5 Å². The van der Waals surface area contributed by atoms with Crippen molar-refractivity contribution in [2.24, 2.45) is 22.2 Å². The molecule has 0 aliphatic heterocycles. The van der Waals surface area contributed by atoms with E-state index in [4.69, 9.17) is 10.9 Å². The molecule has 2 aliphatic carbocycles. The summed E-state index contributed by atoms with van der Waals surface area (Å²) in [4.78, 5) is 12.6. The fourth-order valence-electron chi connectivity index (χ4n) is 3.59. The topological polar surface area (TPSA) is 87.7 Å². The molecule has 2 fully saturated rings. The van der Waals surface area contributed by atoms with Crippen molar-refractivity contribution in [2.45, 2.75) is 64.3 Å². The van der Waals surface area contributed by atoms with Gasteiger partial charge in [-0.3, -0.25) is 4.79 Å². The smallest absolute Gasteiger partial charge is 0.234 e. The number of rotatable bonds is 3. The lowest BCUT2D eigenvalue weighted by atomic mass is 9.61. The molecule has 2 saturated carbocycles. The van der Waals surface area contributed by atoms with Crippen molar-refractivity contribution < 1.29 is 10.0 Å². The van der Waals surface area contributed by atoms with Gasteiger partial charge < -0.3 is 16.3 Å². The van der Waals surface area contributed by atoms with Gasteiger partial charge in [0.25, 0.3) is 0 Å². The Bertz CT molecular complexity index is 380. The zero-order chi connectivity index (χ0) is 14.1. The quantitative estimate of drug-likeness (QED) is 0.316. The van der Waals surface area contributed by atoms with Crippen LogP contribution < -0.4 is 11.1 Å². The Morgan fingerprint density at radius 2 is 1.89 bits per heavy atom. The van der Waals surface area contributed by atoms with Gasteiger partial charge in [0.05, 0.1) is 0 Å². The largest absolute Gasteiger partial charge is 0.409 e. The van der Waals surface area contributed by atoms with Gasteiger partial charge in [0, 0.05) is 5.54 Å². The second-order valence-corrected chi connectivity index (χ2v) is 6.66. The number of amidine groups is 1. The van der Waals surface area contributed by atoms with E-state index < -0.39 is 5.41 Å². The molecular formula is C14H25N3O2. The summed E-state index contributed by atoms with van der Waals surface area (Å²) in [5.41, 5.74) is 4.85. The SMILES string of the molecule is CC1CC(C(=O)NC2(C)CCCCC2)(C(N)=NO)C1. The van der Waals surface area contributed by atoms with Crippen molar-refractivity contribution in [2.75, 3.05) is 0 Å². The summed E-state index contributed by atoms with van der Waals surface area (Å²) in [6, 6.07) is 0. The van der Waals surface area contributed by atoms with Gasteiger partial charge in [0.1, 0.15) is 5.41 Å². The Kier molecular flexibility index (Phi) is 3.74. The Balaban J connectivity index is 2.09. The fourth-order valence-corrected chi connectivity index (χ4v) is 3.59. The van der Waals surface area contributed by atoms with Gasteiger partial charge in [-0.2, -0.15) is 0 Å². The lowest BCUT2D eigenvalue weighted by Crippen LogP contribution is -2.61. The predicted molar refractivity (Wildman–Crippen MR) is 73.9 cm³/mol. The summed E-state index contributed by atoms with van der Waals surface area (Å²) in [5, 5.41) is 15.2. The number of hydrogen-bond acceptors (Lipinski definition) is 3. The van der Waals surface area contributed by atoms with E-state index in [0.717, 1.165) is 25.7 Å². The van der Waals surface area contributed by atoms with E-state index in [-0.39, 0.29) is 17.3 Å². The lowest BCUT2D eigenvalue weighted by Gasteiger charge is -2.46. The number of nitrogens with two attached hydrogens (primary N) is 1. The normalized spacial score (nSPS) is 34.4.